The standard InChI is InChI=1S/C19H22FN5O4S3/c1-5-32(28,29)25-18-21-16(11(2)3)15(10-31(26,27)19-24-23-12(4)30-19)17(22-18)13-6-8-14(20)9-7-13/h6-9,11H,5,10H2,1-4H3,(H,21,22,25). The number of benzene rings is 1. The summed E-state index contributed by atoms with van der Waals surface area (Å²) in [6, 6.07) is 5.33. The predicted octanol–water partition coefficient (Wildman–Crippen LogP) is 3.30. The van der Waals surface area contributed by atoms with Gasteiger partial charge in [0, 0.05) is 11.1 Å². The Labute approximate surface area is 190 Å². The molecule has 0 radical (unpaired) electrons. The first-order valence-corrected chi connectivity index (χ1v) is 13.7. The molecule has 0 unspecified atom stereocenters. The smallest absolute Gasteiger partial charge is 0.237 e. The number of sulfone groups is 1. The lowest BCUT2D eigenvalue weighted by Gasteiger charge is -2.18. The molecule has 0 atom stereocenters. The van der Waals surface area contributed by atoms with Gasteiger partial charge in [0.25, 0.3) is 0 Å². The van der Waals surface area contributed by atoms with Crippen LogP contribution in [0.1, 0.15) is 43.0 Å². The van der Waals surface area contributed by atoms with Crippen LogP contribution < -0.4 is 4.72 Å². The van der Waals surface area contributed by atoms with Crippen LogP contribution in [0.4, 0.5) is 10.3 Å². The zero-order valence-corrected chi connectivity index (χ0v) is 20.3. The van der Waals surface area contributed by atoms with Crippen LogP contribution in [0.15, 0.2) is 28.6 Å². The molecule has 1 N–H and O–H groups in total. The molecular weight excluding hydrogens is 477 g/mol. The van der Waals surface area contributed by atoms with Gasteiger partial charge in [0.1, 0.15) is 10.8 Å². The summed E-state index contributed by atoms with van der Waals surface area (Å²) in [6.07, 6.45) is 0. The molecule has 3 rings (SSSR count). The van der Waals surface area contributed by atoms with Crippen LogP contribution in [0, 0.1) is 12.7 Å². The summed E-state index contributed by atoms with van der Waals surface area (Å²) >= 11 is 0.954. The lowest BCUT2D eigenvalue weighted by Crippen LogP contribution is -2.19. The molecule has 9 nitrogen and oxygen atoms in total. The van der Waals surface area contributed by atoms with Gasteiger partial charge in [0.05, 0.1) is 22.9 Å². The molecule has 0 bridgehead atoms. The maximum absolute atomic E-state index is 13.5. The number of aromatic nitrogens is 4. The number of aryl methyl sites for hydroxylation is 1. The number of nitrogens with zero attached hydrogens (tertiary/aromatic N) is 4. The van der Waals surface area contributed by atoms with E-state index in [1.165, 1.54) is 31.2 Å². The second kappa shape index (κ2) is 9.16. The second-order valence-corrected chi connectivity index (χ2v) is 12.6. The maximum Gasteiger partial charge on any atom is 0.237 e. The van der Waals surface area contributed by atoms with Crippen LogP contribution in [-0.4, -0.2) is 42.8 Å². The molecule has 3 aromatic rings. The molecule has 1 aromatic carbocycles. The number of halogens is 1. The third kappa shape index (κ3) is 5.45. The Kier molecular flexibility index (Phi) is 6.91. The SMILES string of the molecule is CCS(=O)(=O)Nc1nc(-c2ccc(F)cc2)c(CS(=O)(=O)c2nnc(C)s2)c(C(C)C)n1. The molecule has 0 aliphatic rings. The highest BCUT2D eigenvalue weighted by Crippen LogP contribution is 2.32. The van der Waals surface area contributed by atoms with Crippen molar-refractivity contribution < 1.29 is 21.2 Å². The van der Waals surface area contributed by atoms with Crippen LogP contribution in [0.5, 0.6) is 0 Å². The largest absolute Gasteiger partial charge is 0.251 e. The Morgan fingerprint density at radius 2 is 1.72 bits per heavy atom. The topological polar surface area (TPSA) is 132 Å². The van der Waals surface area contributed by atoms with E-state index in [0.717, 1.165) is 11.3 Å². The molecule has 0 aliphatic carbocycles. The van der Waals surface area contributed by atoms with Gasteiger partial charge in [-0.2, -0.15) is 0 Å². The van der Waals surface area contributed by atoms with E-state index >= 15 is 0 Å². The number of hydrogen-bond donors (Lipinski definition) is 1. The van der Waals surface area contributed by atoms with Crippen LogP contribution in [0.3, 0.4) is 0 Å². The van der Waals surface area contributed by atoms with E-state index in [1.807, 2.05) is 0 Å². The van der Waals surface area contributed by atoms with Crippen molar-refractivity contribution in [2.24, 2.45) is 0 Å². The molecule has 172 valence electrons. The van der Waals surface area contributed by atoms with E-state index in [-0.39, 0.29) is 27.7 Å². The molecule has 0 fully saturated rings. The van der Waals surface area contributed by atoms with Crippen molar-refractivity contribution in [2.75, 3.05) is 10.5 Å². The van der Waals surface area contributed by atoms with Crippen molar-refractivity contribution in [3.63, 3.8) is 0 Å². The molecule has 0 saturated heterocycles. The number of anilines is 1. The fourth-order valence-electron chi connectivity index (χ4n) is 2.88. The molecule has 2 aromatic heterocycles. The lowest BCUT2D eigenvalue weighted by atomic mass is 9.99. The highest BCUT2D eigenvalue weighted by Gasteiger charge is 2.27. The van der Waals surface area contributed by atoms with Crippen LogP contribution >= 0.6 is 11.3 Å². The first-order valence-electron chi connectivity index (χ1n) is 9.62. The summed E-state index contributed by atoms with van der Waals surface area (Å²) in [5, 5.41) is 8.03. The van der Waals surface area contributed by atoms with Crippen LogP contribution in [0.25, 0.3) is 11.3 Å². The first-order chi connectivity index (χ1) is 14.9. The van der Waals surface area contributed by atoms with Gasteiger partial charge in [0.15, 0.2) is 0 Å². The Morgan fingerprint density at radius 3 is 2.25 bits per heavy atom. The summed E-state index contributed by atoms with van der Waals surface area (Å²) in [6.45, 7) is 6.73. The average Bonchev–Trinajstić information content (AvgIpc) is 3.16. The number of rotatable bonds is 8. The van der Waals surface area contributed by atoms with E-state index in [1.54, 1.807) is 20.8 Å². The fraction of sp³-hybridized carbons (Fsp3) is 0.368. The minimum atomic E-state index is -3.89. The zero-order chi connectivity index (χ0) is 23.7. The molecule has 0 saturated carbocycles. The molecule has 0 spiro atoms. The highest BCUT2D eigenvalue weighted by atomic mass is 32.2. The van der Waals surface area contributed by atoms with Crippen molar-refractivity contribution in [3.05, 3.63) is 46.3 Å². The fourth-order valence-corrected chi connectivity index (χ4v) is 5.81. The number of hydrogen-bond acceptors (Lipinski definition) is 9. The van der Waals surface area contributed by atoms with Crippen molar-refractivity contribution in [2.45, 2.75) is 43.7 Å². The van der Waals surface area contributed by atoms with Crippen molar-refractivity contribution in [1.29, 1.82) is 0 Å². The van der Waals surface area contributed by atoms with Gasteiger partial charge in [-0.05, 0) is 44.0 Å². The molecule has 2 heterocycles. The number of nitrogens with one attached hydrogen (secondary N) is 1. The summed E-state index contributed by atoms with van der Waals surface area (Å²) in [4.78, 5) is 8.63. The van der Waals surface area contributed by atoms with Crippen LogP contribution in [-0.2, 0) is 25.6 Å². The Hall–Kier alpha value is -2.51. The van der Waals surface area contributed by atoms with Crippen molar-refractivity contribution >= 4 is 37.1 Å². The van der Waals surface area contributed by atoms with Gasteiger partial charge < -0.3 is 0 Å². The Morgan fingerprint density at radius 1 is 1.06 bits per heavy atom. The minimum Gasteiger partial charge on any atom is -0.251 e. The molecule has 32 heavy (non-hydrogen) atoms. The Balaban J connectivity index is 2.24. The highest BCUT2D eigenvalue weighted by molar-refractivity contribution is 7.92. The monoisotopic (exact) mass is 499 g/mol. The molecule has 0 amide bonds. The van der Waals surface area contributed by atoms with E-state index in [2.05, 4.69) is 24.9 Å². The summed E-state index contributed by atoms with van der Waals surface area (Å²) < 4.78 is 66.0. The molecular formula is C19H22FN5O4S3. The normalized spacial score (nSPS) is 12.3. The third-order valence-corrected chi connectivity index (χ3v) is 8.62. The predicted molar refractivity (Wildman–Crippen MR) is 120 cm³/mol. The third-order valence-electron chi connectivity index (χ3n) is 4.44. The van der Waals surface area contributed by atoms with Gasteiger partial charge in [-0.25, -0.2) is 31.2 Å². The van der Waals surface area contributed by atoms with E-state index < -0.39 is 31.4 Å². The first kappa shape index (κ1) is 24.1. The maximum atomic E-state index is 13.5. The second-order valence-electron chi connectivity index (χ2n) is 7.27. The van der Waals surface area contributed by atoms with E-state index in [4.69, 9.17) is 0 Å². The molecule has 0 aliphatic heterocycles. The zero-order valence-electron chi connectivity index (χ0n) is 17.8. The van der Waals surface area contributed by atoms with Crippen molar-refractivity contribution in [3.8, 4) is 11.3 Å². The van der Waals surface area contributed by atoms with Crippen molar-refractivity contribution in [1.82, 2.24) is 20.2 Å². The average molecular weight is 500 g/mol. The number of sulfonamides is 1. The quantitative estimate of drug-likeness (QED) is 0.499. The molecule has 13 heteroatoms. The lowest BCUT2D eigenvalue weighted by molar-refractivity contribution is 0.592. The van der Waals surface area contributed by atoms with Gasteiger partial charge in [0.2, 0.25) is 30.1 Å². The van der Waals surface area contributed by atoms with E-state index in [0.29, 0.717) is 21.8 Å². The minimum absolute atomic E-state index is 0.134. The van der Waals surface area contributed by atoms with Gasteiger partial charge in [-0.15, -0.1) is 10.2 Å². The summed E-state index contributed by atoms with van der Waals surface area (Å²) in [5.74, 6) is -1.57. The van der Waals surface area contributed by atoms with Crippen LogP contribution in [0.2, 0.25) is 0 Å². The van der Waals surface area contributed by atoms with Gasteiger partial charge in [-0.3, -0.25) is 4.72 Å². The summed E-state index contributed by atoms with van der Waals surface area (Å²) in [5.41, 5.74) is 1.27. The Bertz CT molecular complexity index is 1340. The van der Waals surface area contributed by atoms with Gasteiger partial charge >= 0.3 is 0 Å². The van der Waals surface area contributed by atoms with E-state index in [9.17, 15) is 21.2 Å². The summed E-state index contributed by atoms with van der Waals surface area (Å²) in [7, 11) is -7.57. The van der Waals surface area contributed by atoms with Gasteiger partial charge in [-0.1, -0.05) is 25.2 Å².